The highest BCUT2D eigenvalue weighted by molar-refractivity contribution is 5.81. The number of nitrogens with zero attached hydrogens (tertiary/aromatic N) is 1. The van der Waals surface area contributed by atoms with Gasteiger partial charge in [0.25, 0.3) is 0 Å². The van der Waals surface area contributed by atoms with E-state index < -0.39 is 0 Å². The number of hydrogen-bond donors (Lipinski definition) is 2. The van der Waals surface area contributed by atoms with Crippen LogP contribution in [0.1, 0.15) is 59.8 Å². The SMILES string of the molecule is CCC(O)C1CC(NC(=O)C(C)(C)C)CN(CC2CCC2)C1. The number of carbonyl (C=O) groups is 1. The largest absolute Gasteiger partial charge is 0.393 e. The zero-order valence-electron chi connectivity index (χ0n) is 14.8. The summed E-state index contributed by atoms with van der Waals surface area (Å²) < 4.78 is 0. The summed E-state index contributed by atoms with van der Waals surface area (Å²) in [5, 5.41) is 13.5. The quantitative estimate of drug-likeness (QED) is 0.820. The maximum Gasteiger partial charge on any atom is 0.225 e. The number of aliphatic hydroxyl groups is 1. The summed E-state index contributed by atoms with van der Waals surface area (Å²) in [6, 6.07) is 0.173. The van der Waals surface area contributed by atoms with E-state index >= 15 is 0 Å². The van der Waals surface area contributed by atoms with Crippen molar-refractivity contribution in [2.45, 2.75) is 71.9 Å². The molecule has 3 atom stereocenters. The highest BCUT2D eigenvalue weighted by Gasteiger charge is 2.34. The maximum absolute atomic E-state index is 12.3. The number of rotatable bonds is 5. The van der Waals surface area contributed by atoms with E-state index in [1.165, 1.54) is 19.3 Å². The van der Waals surface area contributed by atoms with Crippen LogP contribution in [0.2, 0.25) is 0 Å². The standard InChI is InChI=1S/C18H34N2O2/c1-5-16(21)14-9-15(19-17(22)18(2,3)4)12-20(11-14)10-13-7-6-8-13/h13-16,21H,5-12H2,1-4H3,(H,19,22). The third-order valence-corrected chi connectivity index (χ3v) is 5.28. The van der Waals surface area contributed by atoms with Crippen molar-refractivity contribution < 1.29 is 9.90 Å². The van der Waals surface area contributed by atoms with Gasteiger partial charge >= 0.3 is 0 Å². The van der Waals surface area contributed by atoms with Gasteiger partial charge < -0.3 is 15.3 Å². The van der Waals surface area contributed by atoms with Crippen molar-refractivity contribution in [3.63, 3.8) is 0 Å². The zero-order chi connectivity index (χ0) is 16.3. The summed E-state index contributed by atoms with van der Waals surface area (Å²) in [5.41, 5.74) is -0.352. The molecule has 2 fully saturated rings. The van der Waals surface area contributed by atoms with Gasteiger partial charge in [-0.05, 0) is 37.5 Å². The summed E-state index contributed by atoms with van der Waals surface area (Å²) in [7, 11) is 0. The fourth-order valence-corrected chi connectivity index (χ4v) is 3.54. The minimum atomic E-state index is -0.352. The van der Waals surface area contributed by atoms with E-state index in [4.69, 9.17) is 0 Å². The molecule has 128 valence electrons. The summed E-state index contributed by atoms with van der Waals surface area (Å²) in [6.45, 7) is 11.0. The average molecular weight is 310 g/mol. The van der Waals surface area contributed by atoms with Crippen molar-refractivity contribution in [3.05, 3.63) is 0 Å². The first-order chi connectivity index (χ1) is 10.3. The molecule has 2 aliphatic rings. The van der Waals surface area contributed by atoms with Crippen LogP contribution in [-0.2, 0) is 4.79 Å². The molecule has 1 saturated heterocycles. The molecule has 3 unspecified atom stereocenters. The first kappa shape index (κ1) is 17.7. The Balaban J connectivity index is 1.96. The summed E-state index contributed by atoms with van der Waals surface area (Å²) in [4.78, 5) is 14.8. The molecule has 1 aliphatic carbocycles. The van der Waals surface area contributed by atoms with Gasteiger partial charge in [-0.2, -0.15) is 0 Å². The molecule has 0 aromatic rings. The fraction of sp³-hybridized carbons (Fsp3) is 0.944. The number of hydrogen-bond acceptors (Lipinski definition) is 3. The third-order valence-electron chi connectivity index (χ3n) is 5.28. The van der Waals surface area contributed by atoms with E-state index in [2.05, 4.69) is 10.2 Å². The van der Waals surface area contributed by atoms with E-state index in [0.29, 0.717) is 0 Å². The molecule has 22 heavy (non-hydrogen) atoms. The van der Waals surface area contributed by atoms with Gasteiger partial charge in [0.05, 0.1) is 6.10 Å². The van der Waals surface area contributed by atoms with Crippen molar-refractivity contribution in [2.24, 2.45) is 17.3 Å². The average Bonchev–Trinajstić information content (AvgIpc) is 2.40. The molecule has 1 saturated carbocycles. The van der Waals surface area contributed by atoms with Crippen LogP contribution in [0.5, 0.6) is 0 Å². The van der Waals surface area contributed by atoms with Crippen LogP contribution < -0.4 is 5.32 Å². The van der Waals surface area contributed by atoms with Crippen molar-refractivity contribution in [1.82, 2.24) is 10.2 Å². The monoisotopic (exact) mass is 310 g/mol. The lowest BCUT2D eigenvalue weighted by molar-refractivity contribution is -0.130. The minimum Gasteiger partial charge on any atom is -0.393 e. The second kappa shape index (κ2) is 7.31. The first-order valence-electron chi connectivity index (χ1n) is 9.01. The number of amides is 1. The van der Waals surface area contributed by atoms with Gasteiger partial charge in [-0.1, -0.05) is 34.1 Å². The van der Waals surface area contributed by atoms with Crippen LogP contribution in [0.25, 0.3) is 0 Å². The second-order valence-corrected chi connectivity index (χ2v) is 8.41. The van der Waals surface area contributed by atoms with Crippen LogP contribution in [0.15, 0.2) is 0 Å². The minimum absolute atomic E-state index is 0.118. The maximum atomic E-state index is 12.3. The Morgan fingerprint density at radius 2 is 2.00 bits per heavy atom. The highest BCUT2D eigenvalue weighted by atomic mass is 16.3. The lowest BCUT2D eigenvalue weighted by Crippen LogP contribution is -2.55. The lowest BCUT2D eigenvalue weighted by Gasteiger charge is -2.43. The first-order valence-corrected chi connectivity index (χ1v) is 9.01. The number of aliphatic hydroxyl groups excluding tert-OH is 1. The van der Waals surface area contributed by atoms with E-state index in [-0.39, 0.29) is 29.4 Å². The topological polar surface area (TPSA) is 52.6 Å². The van der Waals surface area contributed by atoms with E-state index in [1.54, 1.807) is 0 Å². The molecule has 4 heteroatoms. The molecule has 1 amide bonds. The Bertz CT molecular complexity index is 374. The van der Waals surface area contributed by atoms with E-state index in [9.17, 15) is 9.90 Å². The molecule has 0 aromatic heterocycles. The molecule has 1 aliphatic heterocycles. The number of likely N-dealkylation sites (tertiary alicyclic amines) is 1. The van der Waals surface area contributed by atoms with Gasteiger partial charge in [-0.3, -0.25) is 4.79 Å². The number of carbonyl (C=O) groups excluding carboxylic acids is 1. The Morgan fingerprint density at radius 3 is 2.50 bits per heavy atom. The smallest absolute Gasteiger partial charge is 0.225 e. The highest BCUT2D eigenvalue weighted by Crippen LogP contribution is 2.30. The van der Waals surface area contributed by atoms with Crippen molar-refractivity contribution in [3.8, 4) is 0 Å². The predicted molar refractivity (Wildman–Crippen MR) is 89.6 cm³/mol. The Labute approximate surface area is 135 Å². The molecule has 2 rings (SSSR count). The van der Waals surface area contributed by atoms with Gasteiger partial charge in [-0.15, -0.1) is 0 Å². The summed E-state index contributed by atoms with van der Waals surface area (Å²) in [6.07, 6.45) is 5.49. The molecule has 0 bridgehead atoms. The van der Waals surface area contributed by atoms with Crippen molar-refractivity contribution in [2.75, 3.05) is 19.6 Å². The molecular weight excluding hydrogens is 276 g/mol. The second-order valence-electron chi connectivity index (χ2n) is 8.41. The normalized spacial score (nSPS) is 29.0. The van der Waals surface area contributed by atoms with Crippen LogP contribution in [-0.4, -0.2) is 47.7 Å². The van der Waals surface area contributed by atoms with Crippen LogP contribution in [0, 0.1) is 17.3 Å². The number of piperidine rings is 1. The van der Waals surface area contributed by atoms with Crippen LogP contribution in [0.3, 0.4) is 0 Å². The summed E-state index contributed by atoms with van der Waals surface area (Å²) in [5.74, 6) is 1.23. The lowest BCUT2D eigenvalue weighted by atomic mass is 9.82. The molecule has 1 heterocycles. The van der Waals surface area contributed by atoms with E-state index in [1.807, 2.05) is 27.7 Å². The molecule has 2 N–H and O–H groups in total. The molecule has 4 nitrogen and oxygen atoms in total. The fourth-order valence-electron chi connectivity index (χ4n) is 3.54. The van der Waals surface area contributed by atoms with Crippen LogP contribution in [0.4, 0.5) is 0 Å². The molecule has 0 radical (unpaired) electrons. The van der Waals surface area contributed by atoms with Crippen molar-refractivity contribution >= 4 is 5.91 Å². The summed E-state index contributed by atoms with van der Waals surface area (Å²) >= 11 is 0. The molecule has 0 spiro atoms. The number of nitrogens with one attached hydrogen (secondary N) is 1. The predicted octanol–water partition coefficient (Wildman–Crippen LogP) is 2.41. The molecule has 0 aromatic carbocycles. The van der Waals surface area contributed by atoms with Gasteiger partial charge in [0, 0.05) is 31.1 Å². The van der Waals surface area contributed by atoms with Crippen molar-refractivity contribution in [1.29, 1.82) is 0 Å². The third kappa shape index (κ3) is 4.69. The van der Waals surface area contributed by atoms with Gasteiger partial charge in [0.2, 0.25) is 5.91 Å². The van der Waals surface area contributed by atoms with Gasteiger partial charge in [-0.25, -0.2) is 0 Å². The van der Waals surface area contributed by atoms with Gasteiger partial charge in [0.15, 0.2) is 0 Å². The van der Waals surface area contributed by atoms with Crippen LogP contribution >= 0.6 is 0 Å². The Morgan fingerprint density at radius 1 is 1.32 bits per heavy atom. The van der Waals surface area contributed by atoms with Gasteiger partial charge in [0.1, 0.15) is 0 Å². The van der Waals surface area contributed by atoms with E-state index in [0.717, 1.165) is 38.4 Å². The zero-order valence-corrected chi connectivity index (χ0v) is 14.8. The Kier molecular flexibility index (Phi) is 5.89. The Hall–Kier alpha value is -0.610. The molecular formula is C18H34N2O2.